The molecule has 2 atom stereocenters. The summed E-state index contributed by atoms with van der Waals surface area (Å²) in [5, 5.41) is 12.6. The monoisotopic (exact) mass is 374 g/mol. The summed E-state index contributed by atoms with van der Waals surface area (Å²) in [5.74, 6) is 2.31. The molecule has 0 aliphatic heterocycles. The molecule has 0 spiro atoms. The summed E-state index contributed by atoms with van der Waals surface area (Å²) in [7, 11) is 1.68. The maximum absolute atomic E-state index is 12.3. The number of nitriles is 1. The summed E-state index contributed by atoms with van der Waals surface area (Å²) in [5.41, 5.74) is 0. The van der Waals surface area contributed by atoms with Crippen LogP contribution in [-0.2, 0) is 4.79 Å². The molecule has 0 saturated heterocycles. The minimum Gasteiger partial charge on any atom is -0.497 e. The summed E-state index contributed by atoms with van der Waals surface area (Å²) in [4.78, 5) is 12.3. The van der Waals surface area contributed by atoms with Crippen LogP contribution in [0.25, 0.3) is 10.1 Å². The number of fused-ring (bicyclic) bond motifs is 1. The van der Waals surface area contributed by atoms with Crippen molar-refractivity contribution in [3.63, 3.8) is 0 Å². The molecule has 0 unspecified atom stereocenters. The van der Waals surface area contributed by atoms with Crippen LogP contribution < -0.4 is 10.1 Å². The minimum atomic E-state index is 0.0454. The Bertz CT molecular complexity index is 781. The maximum Gasteiger partial charge on any atom is 0.224 e. The molecule has 132 valence electrons. The van der Waals surface area contributed by atoms with E-state index in [9.17, 15) is 4.79 Å². The van der Waals surface area contributed by atoms with Crippen molar-refractivity contribution in [1.29, 1.82) is 5.26 Å². The van der Waals surface area contributed by atoms with Crippen molar-refractivity contribution in [2.75, 3.05) is 19.4 Å². The zero-order chi connectivity index (χ0) is 17.6. The Morgan fingerprint density at radius 2 is 2.24 bits per heavy atom. The zero-order valence-corrected chi connectivity index (χ0v) is 15.9. The van der Waals surface area contributed by atoms with Crippen LogP contribution in [-0.4, -0.2) is 25.3 Å². The van der Waals surface area contributed by atoms with Crippen LogP contribution in [0.4, 0.5) is 0 Å². The van der Waals surface area contributed by atoms with Gasteiger partial charge in [-0.25, -0.2) is 0 Å². The van der Waals surface area contributed by atoms with E-state index in [2.05, 4.69) is 23.5 Å². The Balaban J connectivity index is 1.64. The number of thioether (sulfide) groups is 1. The largest absolute Gasteiger partial charge is 0.497 e. The number of rotatable bonds is 6. The fourth-order valence-corrected chi connectivity index (χ4v) is 5.87. The number of amides is 1. The van der Waals surface area contributed by atoms with Gasteiger partial charge in [0, 0.05) is 16.4 Å². The summed E-state index contributed by atoms with van der Waals surface area (Å²) < 4.78 is 7.83. The lowest BCUT2D eigenvalue weighted by Crippen LogP contribution is -2.37. The second-order valence-corrected chi connectivity index (χ2v) is 8.71. The van der Waals surface area contributed by atoms with Crippen molar-refractivity contribution >= 4 is 39.1 Å². The van der Waals surface area contributed by atoms with Crippen molar-refractivity contribution < 1.29 is 9.53 Å². The number of nitrogens with one attached hydrogen (secondary N) is 1. The normalized spacial score (nSPS) is 20.2. The third-order valence-corrected chi connectivity index (χ3v) is 7.24. The molecule has 25 heavy (non-hydrogen) atoms. The fourth-order valence-electron chi connectivity index (χ4n) is 3.39. The molecule has 1 aliphatic rings. The molecule has 1 fully saturated rings. The van der Waals surface area contributed by atoms with Crippen LogP contribution in [0.1, 0.15) is 25.7 Å². The van der Waals surface area contributed by atoms with E-state index in [4.69, 9.17) is 10.00 Å². The highest BCUT2D eigenvalue weighted by molar-refractivity contribution is 8.01. The first kappa shape index (κ1) is 18.1. The average molecular weight is 375 g/mol. The van der Waals surface area contributed by atoms with E-state index in [0.29, 0.717) is 5.92 Å². The van der Waals surface area contributed by atoms with Gasteiger partial charge in [-0.3, -0.25) is 4.79 Å². The van der Waals surface area contributed by atoms with Gasteiger partial charge in [0.15, 0.2) is 0 Å². The number of hydrogen-bond donors (Lipinski definition) is 1. The number of benzene rings is 1. The van der Waals surface area contributed by atoms with E-state index in [1.807, 2.05) is 23.9 Å². The van der Waals surface area contributed by atoms with Crippen LogP contribution >= 0.6 is 23.1 Å². The smallest absolute Gasteiger partial charge is 0.224 e. The van der Waals surface area contributed by atoms with E-state index in [0.717, 1.165) is 30.8 Å². The number of methoxy groups -OCH3 is 1. The van der Waals surface area contributed by atoms with Gasteiger partial charge in [-0.2, -0.15) is 5.26 Å². The molecule has 1 saturated carbocycles. The van der Waals surface area contributed by atoms with Crippen molar-refractivity contribution in [3.8, 4) is 11.8 Å². The molecule has 0 bridgehead atoms. The molecule has 3 rings (SSSR count). The second-order valence-electron chi connectivity index (χ2n) is 6.31. The highest BCUT2D eigenvalue weighted by atomic mass is 32.2. The van der Waals surface area contributed by atoms with E-state index in [1.54, 1.807) is 18.4 Å². The van der Waals surface area contributed by atoms with Gasteiger partial charge in [-0.15, -0.1) is 23.1 Å². The highest BCUT2D eigenvalue weighted by Crippen LogP contribution is 2.39. The topological polar surface area (TPSA) is 62.1 Å². The van der Waals surface area contributed by atoms with Gasteiger partial charge < -0.3 is 10.1 Å². The Labute approximate surface area is 156 Å². The Kier molecular flexibility index (Phi) is 6.22. The third kappa shape index (κ3) is 4.47. The van der Waals surface area contributed by atoms with Gasteiger partial charge in [-0.05, 0) is 48.4 Å². The SMILES string of the molecule is COc1ccc2sc(SC[C@@H]3CCCC[C@H]3C(=O)NCC#N)cc2c1. The molecule has 1 amide bonds. The van der Waals surface area contributed by atoms with Crippen LogP contribution in [0.5, 0.6) is 5.75 Å². The molecular formula is C19H22N2O2S2. The molecule has 1 aliphatic carbocycles. The molecule has 1 aromatic carbocycles. The van der Waals surface area contributed by atoms with Crippen molar-refractivity contribution in [1.82, 2.24) is 5.32 Å². The number of carbonyl (C=O) groups is 1. The summed E-state index contributed by atoms with van der Waals surface area (Å²) >= 11 is 3.64. The fraction of sp³-hybridized carbons (Fsp3) is 0.474. The molecular weight excluding hydrogens is 352 g/mol. The standard InChI is InChI=1S/C19H22N2O2S2/c1-23-15-6-7-17-14(10-15)11-18(25-17)24-12-13-4-2-3-5-16(13)19(22)21-9-8-20/h6-7,10-11,13,16H,2-5,9,12H2,1H3,(H,21,22)/t13-,16+/m0/s1. The minimum absolute atomic E-state index is 0.0454. The second kappa shape index (κ2) is 8.59. The zero-order valence-electron chi connectivity index (χ0n) is 14.3. The van der Waals surface area contributed by atoms with Crippen LogP contribution in [0, 0.1) is 23.2 Å². The molecule has 4 nitrogen and oxygen atoms in total. The van der Waals surface area contributed by atoms with E-state index in [1.165, 1.54) is 20.7 Å². The Morgan fingerprint density at radius 1 is 1.40 bits per heavy atom. The Morgan fingerprint density at radius 3 is 3.04 bits per heavy atom. The Hall–Kier alpha value is -1.71. The van der Waals surface area contributed by atoms with Crippen molar-refractivity contribution in [2.24, 2.45) is 11.8 Å². The van der Waals surface area contributed by atoms with Gasteiger partial charge in [0.25, 0.3) is 0 Å². The first-order valence-corrected chi connectivity index (χ1v) is 10.4. The first-order chi connectivity index (χ1) is 12.2. The van der Waals surface area contributed by atoms with E-state index >= 15 is 0 Å². The lowest BCUT2D eigenvalue weighted by Gasteiger charge is -2.30. The number of ether oxygens (including phenoxy) is 1. The molecule has 2 aromatic rings. The van der Waals surface area contributed by atoms with Gasteiger partial charge in [-0.1, -0.05) is 12.8 Å². The molecule has 1 heterocycles. The molecule has 6 heteroatoms. The van der Waals surface area contributed by atoms with Crippen LogP contribution in [0.3, 0.4) is 0 Å². The predicted molar refractivity (Wildman–Crippen MR) is 103 cm³/mol. The predicted octanol–water partition coefficient (Wildman–Crippen LogP) is 4.45. The third-order valence-electron chi connectivity index (χ3n) is 4.73. The van der Waals surface area contributed by atoms with Gasteiger partial charge in [0.1, 0.15) is 12.3 Å². The highest BCUT2D eigenvalue weighted by Gasteiger charge is 2.30. The number of hydrogen-bond acceptors (Lipinski definition) is 5. The summed E-state index contributed by atoms with van der Waals surface area (Å²) in [6, 6.07) is 10.4. The van der Waals surface area contributed by atoms with Crippen molar-refractivity contribution in [2.45, 2.75) is 29.9 Å². The summed E-state index contributed by atoms with van der Waals surface area (Å²) in [6.45, 7) is 0.105. The number of carbonyl (C=O) groups excluding carboxylic acids is 1. The quantitative estimate of drug-likeness (QED) is 0.599. The molecule has 1 aromatic heterocycles. The van der Waals surface area contributed by atoms with Crippen LogP contribution in [0.15, 0.2) is 28.5 Å². The van der Waals surface area contributed by atoms with Crippen LogP contribution in [0.2, 0.25) is 0 Å². The lowest BCUT2D eigenvalue weighted by atomic mass is 9.80. The number of thiophene rings is 1. The number of nitrogens with zero attached hydrogens (tertiary/aromatic N) is 1. The average Bonchev–Trinajstić information content (AvgIpc) is 3.06. The van der Waals surface area contributed by atoms with Gasteiger partial charge in [0.05, 0.1) is 17.4 Å². The van der Waals surface area contributed by atoms with Crippen molar-refractivity contribution in [3.05, 3.63) is 24.3 Å². The maximum atomic E-state index is 12.3. The first-order valence-electron chi connectivity index (χ1n) is 8.56. The van der Waals surface area contributed by atoms with E-state index in [-0.39, 0.29) is 18.4 Å². The summed E-state index contributed by atoms with van der Waals surface area (Å²) in [6.07, 6.45) is 4.33. The van der Waals surface area contributed by atoms with Gasteiger partial charge in [0.2, 0.25) is 5.91 Å². The molecule has 1 N–H and O–H groups in total. The molecule has 0 radical (unpaired) electrons. The van der Waals surface area contributed by atoms with Gasteiger partial charge >= 0.3 is 0 Å². The van der Waals surface area contributed by atoms with E-state index < -0.39 is 0 Å². The lowest BCUT2D eigenvalue weighted by molar-refractivity contribution is -0.127.